The molecule has 0 aliphatic heterocycles. The molecule has 1 rings (SSSR count). The van der Waals surface area contributed by atoms with E-state index in [4.69, 9.17) is 12.6 Å². The van der Waals surface area contributed by atoms with E-state index >= 15 is 0 Å². The monoisotopic (exact) mass is 320 g/mol. The summed E-state index contributed by atoms with van der Waals surface area (Å²) in [6.45, 7) is 3.54. The van der Waals surface area contributed by atoms with Crippen molar-refractivity contribution in [2.45, 2.75) is 15.6 Å². The van der Waals surface area contributed by atoms with Crippen molar-refractivity contribution in [2.24, 2.45) is 5.92 Å². The fourth-order valence-corrected chi connectivity index (χ4v) is 3.28. The Hall–Kier alpha value is -0.440. The second-order valence-electron chi connectivity index (χ2n) is 5.35. The lowest BCUT2D eigenvalue weighted by Crippen LogP contribution is -2.43. The predicted octanol–water partition coefficient (Wildman–Crippen LogP) is 0.994. The molecule has 1 aromatic rings. The van der Waals surface area contributed by atoms with Gasteiger partial charge in [-0.2, -0.15) is 10.2 Å². The number of rotatable bonds is 7. The van der Waals surface area contributed by atoms with E-state index in [1.54, 1.807) is 0 Å². The van der Waals surface area contributed by atoms with Crippen molar-refractivity contribution in [2.75, 3.05) is 40.0 Å². The van der Waals surface area contributed by atoms with Crippen LogP contribution in [0.3, 0.4) is 0 Å². The van der Waals surface area contributed by atoms with Gasteiger partial charge in [0.15, 0.2) is 0 Å². The van der Waals surface area contributed by atoms with E-state index in [9.17, 15) is 4.79 Å². The minimum absolute atomic E-state index is 0.0464. The molecule has 1 amide bonds. The topological polar surface area (TPSA) is 54.9 Å². The van der Waals surface area contributed by atoms with Crippen molar-refractivity contribution < 1.29 is 9.28 Å². The number of hydrogen-bond acceptors (Lipinski definition) is 6. The number of nitrogens with zero attached hydrogens (tertiary/aromatic N) is 3. The lowest BCUT2D eigenvalue weighted by atomic mass is 10.2. The minimum atomic E-state index is -0.0464. The summed E-state index contributed by atoms with van der Waals surface area (Å²) in [4.78, 5) is 11.9. The van der Waals surface area contributed by atoms with Crippen LogP contribution in [-0.2, 0) is 17.4 Å². The van der Waals surface area contributed by atoms with E-state index in [1.165, 1.54) is 23.1 Å². The molecule has 0 aromatic carbocycles. The van der Waals surface area contributed by atoms with Crippen molar-refractivity contribution in [1.82, 2.24) is 15.5 Å². The highest BCUT2D eigenvalue weighted by molar-refractivity contribution is 8.01. The normalized spacial score (nSPS) is 13.3. The summed E-state index contributed by atoms with van der Waals surface area (Å²) < 4.78 is 2.22. The number of nitrogens with one attached hydrogen (secondary N) is 1. The molecule has 0 saturated heterocycles. The highest BCUT2D eigenvalue weighted by Crippen LogP contribution is 2.24. The number of carbonyl (C=O) groups is 1. The van der Waals surface area contributed by atoms with Crippen LogP contribution in [0.1, 0.15) is 6.92 Å². The van der Waals surface area contributed by atoms with Gasteiger partial charge in [-0.15, -0.1) is 11.8 Å². The van der Waals surface area contributed by atoms with Gasteiger partial charge in [0.2, 0.25) is 5.91 Å². The fourth-order valence-electron chi connectivity index (χ4n) is 1.22. The van der Waals surface area contributed by atoms with Gasteiger partial charge in [0.25, 0.3) is 0 Å². The molecule has 0 saturated carbocycles. The average Bonchev–Trinajstić information content (AvgIpc) is 2.70. The quantitative estimate of drug-likeness (QED) is 0.461. The van der Waals surface area contributed by atoms with Crippen molar-refractivity contribution in [3.63, 3.8) is 0 Å². The molecule has 1 heterocycles. The van der Waals surface area contributed by atoms with Crippen LogP contribution in [0.4, 0.5) is 0 Å². The second-order valence-corrected chi connectivity index (χ2v) is 8.24. The summed E-state index contributed by atoms with van der Waals surface area (Å²) in [6, 6.07) is 0. The van der Waals surface area contributed by atoms with Crippen molar-refractivity contribution in [3.8, 4) is 0 Å². The fraction of sp³-hybridized carbons (Fsp3) is 0.727. The van der Waals surface area contributed by atoms with E-state index in [2.05, 4.69) is 36.7 Å². The maximum absolute atomic E-state index is 11.9. The van der Waals surface area contributed by atoms with Crippen LogP contribution in [0.25, 0.3) is 0 Å². The Bertz CT molecular complexity index is 416. The molecule has 0 radical (unpaired) electrons. The smallest absolute Gasteiger partial charge is 0.223 e. The van der Waals surface area contributed by atoms with Crippen LogP contribution in [0, 0.1) is 5.92 Å². The van der Waals surface area contributed by atoms with Gasteiger partial charge in [-0.1, -0.05) is 6.92 Å². The summed E-state index contributed by atoms with van der Waals surface area (Å²) in [5.41, 5.74) is 0. The Morgan fingerprint density at radius 2 is 2.16 bits per heavy atom. The first-order valence-corrected chi connectivity index (χ1v) is 8.20. The lowest BCUT2D eigenvalue weighted by Gasteiger charge is -2.24. The van der Waals surface area contributed by atoms with Crippen LogP contribution >= 0.6 is 23.1 Å². The zero-order chi connectivity index (χ0) is 14.5. The number of quaternary nitrogens is 1. The summed E-state index contributed by atoms with van der Waals surface area (Å²) in [5, 5.41) is 10.7. The first-order chi connectivity index (χ1) is 8.78. The zero-order valence-corrected chi connectivity index (χ0v) is 14.1. The van der Waals surface area contributed by atoms with Crippen LogP contribution < -0.4 is 5.32 Å². The summed E-state index contributed by atoms with van der Waals surface area (Å²) in [6.07, 6.45) is 0. The number of aromatic nitrogens is 2. The number of hydrogen-bond donors (Lipinski definition) is 1. The Balaban J connectivity index is 2.25. The molecule has 1 aromatic heterocycles. The van der Waals surface area contributed by atoms with Gasteiger partial charge < -0.3 is 33.8 Å². The highest BCUT2D eigenvalue weighted by atomic mass is 32.2. The van der Waals surface area contributed by atoms with Crippen LogP contribution in [0.5, 0.6) is 0 Å². The predicted molar refractivity (Wildman–Crippen MR) is 81.3 cm³/mol. The molecule has 108 valence electrons. The maximum atomic E-state index is 11.9. The summed E-state index contributed by atoms with van der Waals surface area (Å²) in [5.74, 6) is 0.735. The molecule has 0 fully saturated rings. The van der Waals surface area contributed by atoms with Gasteiger partial charge in [-0.25, -0.2) is 0 Å². The number of thioether (sulfide) groups is 1. The van der Waals surface area contributed by atoms with Gasteiger partial charge in [-0.05, 0) is 4.34 Å². The van der Waals surface area contributed by atoms with Crippen molar-refractivity contribution >= 4 is 41.6 Å². The van der Waals surface area contributed by atoms with Gasteiger partial charge in [0, 0.05) is 11.7 Å². The molecular weight excluding hydrogens is 300 g/mol. The lowest BCUT2D eigenvalue weighted by molar-refractivity contribution is -0.869. The third kappa shape index (κ3) is 7.05. The molecular formula is C11H20N4OS3. The molecule has 0 bridgehead atoms. The van der Waals surface area contributed by atoms with E-state index in [1.807, 2.05) is 6.92 Å². The van der Waals surface area contributed by atoms with Gasteiger partial charge in [-0.3, -0.25) is 4.79 Å². The molecule has 0 spiro atoms. The third-order valence-electron chi connectivity index (χ3n) is 2.37. The van der Waals surface area contributed by atoms with Crippen molar-refractivity contribution in [3.05, 3.63) is 0 Å². The Morgan fingerprint density at radius 3 is 2.68 bits per heavy atom. The Labute approximate surface area is 128 Å². The number of likely N-dealkylation sites (N-methyl/N-ethyl adjacent to an activating group) is 1. The molecule has 8 heteroatoms. The molecule has 0 aliphatic rings. The third-order valence-corrected chi connectivity index (χ3v) is 4.82. The van der Waals surface area contributed by atoms with Crippen molar-refractivity contribution in [1.29, 1.82) is 0 Å². The maximum Gasteiger partial charge on any atom is 0.223 e. The molecule has 19 heavy (non-hydrogen) atoms. The number of amides is 1. The minimum Gasteiger partial charge on any atom is -0.406 e. The molecule has 1 atom stereocenters. The van der Waals surface area contributed by atoms with Crippen LogP contribution in [-0.4, -0.2) is 60.6 Å². The molecule has 5 nitrogen and oxygen atoms in total. The average molecular weight is 321 g/mol. The van der Waals surface area contributed by atoms with E-state index in [0.717, 1.165) is 15.4 Å². The first kappa shape index (κ1) is 16.6. The molecule has 1 N–H and O–H groups in total. The van der Waals surface area contributed by atoms with E-state index in [-0.39, 0.29) is 11.8 Å². The molecule has 0 aliphatic carbocycles. The Kier molecular flexibility index (Phi) is 6.45. The summed E-state index contributed by atoms with van der Waals surface area (Å²) >= 11 is 7.82. The Morgan fingerprint density at radius 1 is 1.47 bits per heavy atom. The van der Waals surface area contributed by atoms with Crippen LogP contribution in [0.2, 0.25) is 0 Å². The first-order valence-electron chi connectivity index (χ1n) is 5.99. The van der Waals surface area contributed by atoms with E-state index < -0.39 is 0 Å². The van der Waals surface area contributed by atoms with Crippen LogP contribution in [0.15, 0.2) is 8.68 Å². The summed E-state index contributed by atoms with van der Waals surface area (Å²) in [7, 11) is 6.31. The van der Waals surface area contributed by atoms with Gasteiger partial charge >= 0.3 is 0 Å². The standard InChI is InChI=1S/C11H20N4OS3/c1-8(7-18-11-14-13-10(17)19-11)9(16)12-5-6-15(2,3)4/h8H,5-7H2,1-4H3,(H-,12,13,16,17). The van der Waals surface area contributed by atoms with Gasteiger partial charge in [0.05, 0.1) is 38.6 Å². The zero-order valence-electron chi connectivity index (χ0n) is 11.7. The number of carbonyl (C=O) groups excluding carboxylic acids is 1. The largest absolute Gasteiger partial charge is 0.406 e. The highest BCUT2D eigenvalue weighted by Gasteiger charge is 2.14. The second kappa shape index (κ2) is 7.37. The van der Waals surface area contributed by atoms with Gasteiger partial charge in [0.1, 0.15) is 0 Å². The van der Waals surface area contributed by atoms with E-state index in [0.29, 0.717) is 16.6 Å². The SMILES string of the molecule is CC(CSc1nnc([S-])s1)C(=O)NCC[N+](C)(C)C. The molecule has 1 unspecified atom stereocenters.